The van der Waals surface area contributed by atoms with Crippen molar-refractivity contribution in [3.05, 3.63) is 89.3 Å². The lowest BCUT2D eigenvalue weighted by atomic mass is 9.75. The molecule has 1 atom stereocenters. The summed E-state index contributed by atoms with van der Waals surface area (Å²) in [7, 11) is 3.62. The molecule has 4 heterocycles. The molecule has 10 nitrogen and oxygen atoms in total. The predicted molar refractivity (Wildman–Crippen MR) is 194 cm³/mol. The van der Waals surface area contributed by atoms with Gasteiger partial charge in [0.1, 0.15) is 11.4 Å². The first-order valence-electron chi connectivity index (χ1n) is 17.5. The Morgan fingerprint density at radius 3 is 2.61 bits per heavy atom. The molecule has 1 aliphatic rings. The van der Waals surface area contributed by atoms with E-state index in [1.165, 1.54) is 6.07 Å². The van der Waals surface area contributed by atoms with Gasteiger partial charge in [-0.15, -0.1) is 0 Å². The Hall–Kier alpha value is -5.06. The van der Waals surface area contributed by atoms with Crippen molar-refractivity contribution in [1.82, 2.24) is 29.6 Å². The molecule has 4 bridgehead atoms. The van der Waals surface area contributed by atoms with E-state index in [2.05, 4.69) is 42.9 Å². The standard InChI is InChI=1S/C40H47FN6O4/c1-38(2)15-8-9-16-40(5,26-12-10-11-25(19-26)23-39(3,4)37(49)50)36-44-35(47(7)45-36)32-20-27(13-17-43-32)51-34-29(21-33(48)46(6)24-38)28-14-18-42-31(28)22-30(34)41/h10-14,17-20,22,42H,8-9,15-16,21,23-24H2,1-7H3,(H,49,50)/t40-/m1/s1. The number of carboxylic acids is 1. The fourth-order valence-electron chi connectivity index (χ4n) is 7.24. The molecule has 0 unspecified atom stereocenters. The number of H-pyrrole nitrogens is 1. The van der Waals surface area contributed by atoms with Gasteiger partial charge in [0, 0.05) is 61.6 Å². The van der Waals surface area contributed by atoms with Gasteiger partial charge >= 0.3 is 5.97 Å². The van der Waals surface area contributed by atoms with Gasteiger partial charge in [0.15, 0.2) is 23.2 Å². The zero-order chi connectivity index (χ0) is 36.7. The Morgan fingerprint density at radius 2 is 1.84 bits per heavy atom. The summed E-state index contributed by atoms with van der Waals surface area (Å²) in [4.78, 5) is 40.2. The minimum absolute atomic E-state index is 0.00429. The number of amides is 1. The van der Waals surface area contributed by atoms with Gasteiger partial charge in [-0.1, -0.05) is 51.0 Å². The smallest absolute Gasteiger partial charge is 0.309 e. The van der Waals surface area contributed by atoms with Crippen LogP contribution in [0.3, 0.4) is 0 Å². The molecule has 3 aromatic heterocycles. The van der Waals surface area contributed by atoms with Gasteiger partial charge in [0.25, 0.3) is 0 Å². The van der Waals surface area contributed by atoms with Gasteiger partial charge < -0.3 is 19.7 Å². The van der Waals surface area contributed by atoms with Crippen LogP contribution in [0.5, 0.6) is 11.5 Å². The first-order valence-corrected chi connectivity index (χ1v) is 17.5. The lowest BCUT2D eigenvalue weighted by Gasteiger charge is -2.32. The molecular formula is C40H47FN6O4. The molecule has 11 heteroatoms. The number of likely N-dealkylation sites (N-methyl/N-ethyl adjacent to an activating group) is 1. The molecule has 5 aromatic rings. The van der Waals surface area contributed by atoms with Crippen LogP contribution in [-0.4, -0.2) is 60.2 Å². The molecule has 1 aliphatic heterocycles. The van der Waals surface area contributed by atoms with E-state index >= 15 is 4.39 Å². The van der Waals surface area contributed by atoms with Crippen LogP contribution < -0.4 is 4.74 Å². The van der Waals surface area contributed by atoms with Gasteiger partial charge in [0.05, 0.1) is 17.3 Å². The molecule has 268 valence electrons. The molecule has 51 heavy (non-hydrogen) atoms. The summed E-state index contributed by atoms with van der Waals surface area (Å²) < 4.78 is 23.7. The Bertz CT molecular complexity index is 2100. The van der Waals surface area contributed by atoms with Gasteiger partial charge in [0.2, 0.25) is 5.91 Å². The number of aromatic nitrogens is 5. The second-order valence-corrected chi connectivity index (χ2v) is 15.7. The Kier molecular flexibility index (Phi) is 9.52. The van der Waals surface area contributed by atoms with E-state index in [-0.39, 0.29) is 23.5 Å². The highest BCUT2D eigenvalue weighted by molar-refractivity contribution is 5.91. The average Bonchev–Trinajstić information content (AvgIpc) is 3.70. The number of benzene rings is 2. The number of hydrogen-bond donors (Lipinski definition) is 2. The highest BCUT2D eigenvalue weighted by Gasteiger charge is 2.36. The lowest BCUT2D eigenvalue weighted by Crippen LogP contribution is -2.37. The van der Waals surface area contributed by atoms with Gasteiger partial charge in [-0.3, -0.25) is 14.6 Å². The first-order chi connectivity index (χ1) is 24.1. The summed E-state index contributed by atoms with van der Waals surface area (Å²) >= 11 is 0. The SMILES string of the molecule is CN1CC(C)(C)CCCC[C@](C)(c2cccc(CC(C)(C)C(=O)O)c2)c2nc(n(C)n2)-c2cc(ccn2)Oc2c(F)cc3[nH]ccc3c2CC1=O. The van der Waals surface area contributed by atoms with Crippen LogP contribution in [0.2, 0.25) is 0 Å². The maximum Gasteiger partial charge on any atom is 0.309 e. The molecule has 0 aliphatic carbocycles. The lowest BCUT2D eigenvalue weighted by molar-refractivity contribution is -0.146. The van der Waals surface area contributed by atoms with Gasteiger partial charge in [-0.25, -0.2) is 14.1 Å². The molecule has 2 aromatic carbocycles. The first kappa shape index (κ1) is 35.8. The maximum atomic E-state index is 15.8. The van der Waals surface area contributed by atoms with Gasteiger partial charge in [-0.05, 0) is 68.7 Å². The maximum absolute atomic E-state index is 15.8. The summed E-state index contributed by atoms with van der Waals surface area (Å²) in [6.45, 7) is 10.5. The number of carbonyl (C=O) groups is 2. The van der Waals surface area contributed by atoms with E-state index in [0.717, 1.165) is 42.2 Å². The van der Waals surface area contributed by atoms with E-state index < -0.39 is 22.6 Å². The molecule has 2 N–H and O–H groups in total. The van der Waals surface area contributed by atoms with Crippen molar-refractivity contribution in [2.45, 2.75) is 78.6 Å². The van der Waals surface area contributed by atoms with E-state index in [4.69, 9.17) is 14.8 Å². The fourth-order valence-corrected chi connectivity index (χ4v) is 7.24. The third-order valence-corrected chi connectivity index (χ3v) is 10.3. The Labute approximate surface area is 298 Å². The molecule has 1 amide bonds. The number of ether oxygens (including phenoxy) is 1. The molecule has 6 rings (SSSR count). The fraction of sp³-hybridized carbons (Fsp3) is 0.425. The number of halogens is 1. The van der Waals surface area contributed by atoms with Crippen molar-refractivity contribution >= 4 is 22.8 Å². The van der Waals surface area contributed by atoms with Crippen molar-refractivity contribution in [2.24, 2.45) is 17.9 Å². The minimum Gasteiger partial charge on any atom is -0.481 e. The zero-order valence-electron chi connectivity index (χ0n) is 30.5. The Balaban J connectivity index is 1.46. The van der Waals surface area contributed by atoms with Crippen molar-refractivity contribution in [1.29, 1.82) is 0 Å². The largest absolute Gasteiger partial charge is 0.481 e. The quantitative estimate of drug-likeness (QED) is 0.196. The second-order valence-electron chi connectivity index (χ2n) is 15.7. The molecule has 0 fully saturated rings. The number of aryl methyl sites for hydroxylation is 1. The zero-order valence-corrected chi connectivity index (χ0v) is 30.5. The molecule has 0 saturated carbocycles. The molecule has 0 saturated heterocycles. The summed E-state index contributed by atoms with van der Waals surface area (Å²) in [5.41, 5.74) is 1.76. The average molecular weight is 695 g/mol. The third-order valence-electron chi connectivity index (χ3n) is 10.3. The van der Waals surface area contributed by atoms with Crippen LogP contribution in [-0.2, 0) is 34.9 Å². The summed E-state index contributed by atoms with van der Waals surface area (Å²) in [6.07, 6.45) is 7.06. The van der Waals surface area contributed by atoms with Crippen LogP contribution >= 0.6 is 0 Å². The van der Waals surface area contributed by atoms with Crippen LogP contribution in [0.4, 0.5) is 4.39 Å². The van der Waals surface area contributed by atoms with E-state index in [1.807, 2.05) is 25.2 Å². The number of nitrogens with zero attached hydrogens (tertiary/aromatic N) is 5. The summed E-state index contributed by atoms with van der Waals surface area (Å²) in [5, 5.41) is 15.5. The predicted octanol–water partition coefficient (Wildman–Crippen LogP) is 7.85. The van der Waals surface area contributed by atoms with E-state index in [1.54, 1.807) is 55.0 Å². The third kappa shape index (κ3) is 7.38. The number of carboxylic acid groups (broad SMARTS) is 1. The van der Waals surface area contributed by atoms with Crippen molar-refractivity contribution in [2.75, 3.05) is 13.6 Å². The van der Waals surface area contributed by atoms with Crippen molar-refractivity contribution < 1.29 is 23.8 Å². The number of carbonyl (C=O) groups excluding carboxylic acids is 1. The molecular weight excluding hydrogens is 647 g/mol. The minimum atomic E-state index is -0.928. The number of hydrogen-bond acceptors (Lipinski definition) is 6. The number of fused-ring (bicyclic) bond motifs is 8. The summed E-state index contributed by atoms with van der Waals surface area (Å²) in [5.74, 6) is -0.0742. The number of nitrogens with one attached hydrogen (secondary N) is 1. The highest BCUT2D eigenvalue weighted by Crippen LogP contribution is 2.40. The Morgan fingerprint density at radius 1 is 1.08 bits per heavy atom. The number of pyridine rings is 1. The van der Waals surface area contributed by atoms with Crippen LogP contribution in [0, 0.1) is 16.6 Å². The van der Waals surface area contributed by atoms with Crippen molar-refractivity contribution in [3.63, 3.8) is 0 Å². The van der Waals surface area contributed by atoms with E-state index in [9.17, 15) is 14.7 Å². The van der Waals surface area contributed by atoms with Gasteiger partial charge in [-0.2, -0.15) is 5.10 Å². The monoisotopic (exact) mass is 694 g/mol. The highest BCUT2D eigenvalue weighted by atomic mass is 19.1. The summed E-state index contributed by atoms with van der Waals surface area (Å²) in [6, 6.07) is 14.7. The topological polar surface area (TPSA) is 126 Å². The van der Waals surface area contributed by atoms with Crippen LogP contribution in [0.1, 0.15) is 82.8 Å². The van der Waals surface area contributed by atoms with E-state index in [0.29, 0.717) is 47.1 Å². The number of aromatic amines is 1. The normalized spacial score (nSPS) is 18.7. The van der Waals surface area contributed by atoms with Crippen LogP contribution in [0.25, 0.3) is 22.4 Å². The molecule has 0 spiro atoms. The number of rotatable bonds is 4. The second kappa shape index (κ2) is 13.6. The van der Waals surface area contributed by atoms with Crippen molar-refractivity contribution in [3.8, 4) is 23.0 Å². The number of aliphatic carboxylic acids is 1. The van der Waals surface area contributed by atoms with Crippen LogP contribution in [0.15, 0.2) is 60.9 Å². The molecule has 0 radical (unpaired) electrons.